The molecule has 1 saturated heterocycles. The van der Waals surface area contributed by atoms with Crippen molar-refractivity contribution in [2.24, 2.45) is 0 Å². The van der Waals surface area contributed by atoms with Crippen LogP contribution in [0.2, 0.25) is 0 Å². The lowest BCUT2D eigenvalue weighted by Crippen LogP contribution is -2.26. The number of aromatic nitrogens is 2. The number of hydrogen-bond acceptors (Lipinski definition) is 5. The summed E-state index contributed by atoms with van der Waals surface area (Å²) in [5, 5.41) is 0. The molecular weight excluding hydrogens is 312 g/mol. The van der Waals surface area contributed by atoms with Gasteiger partial charge in [-0.05, 0) is 37.0 Å². The van der Waals surface area contributed by atoms with Gasteiger partial charge in [-0.3, -0.25) is 4.90 Å². The highest BCUT2D eigenvalue weighted by Crippen LogP contribution is 2.27. The molecule has 0 radical (unpaired) electrons. The quantitative estimate of drug-likeness (QED) is 0.857. The SMILES string of the molecule is COc1ccc(CN2CCc3ncnc(N4CCCC4)c3CC2)cc1. The summed E-state index contributed by atoms with van der Waals surface area (Å²) in [5.41, 5.74) is 3.95. The monoisotopic (exact) mass is 338 g/mol. The number of fused-ring (bicyclic) bond motifs is 1. The normalized spacial score (nSPS) is 18.0. The number of ether oxygens (including phenoxy) is 1. The maximum atomic E-state index is 5.25. The molecule has 0 spiro atoms. The Morgan fingerprint density at radius 3 is 2.48 bits per heavy atom. The predicted molar refractivity (Wildman–Crippen MR) is 99.2 cm³/mol. The second-order valence-corrected chi connectivity index (χ2v) is 6.94. The molecule has 0 N–H and O–H groups in total. The van der Waals surface area contributed by atoms with Crippen LogP contribution in [0.4, 0.5) is 5.82 Å². The van der Waals surface area contributed by atoms with Crippen molar-refractivity contribution in [2.75, 3.05) is 38.2 Å². The van der Waals surface area contributed by atoms with Crippen LogP contribution in [-0.2, 0) is 19.4 Å². The highest BCUT2D eigenvalue weighted by atomic mass is 16.5. The number of hydrogen-bond donors (Lipinski definition) is 0. The van der Waals surface area contributed by atoms with Crippen molar-refractivity contribution in [1.82, 2.24) is 14.9 Å². The molecule has 5 heteroatoms. The van der Waals surface area contributed by atoms with E-state index in [4.69, 9.17) is 4.74 Å². The molecule has 5 nitrogen and oxygen atoms in total. The molecule has 1 fully saturated rings. The molecule has 132 valence electrons. The molecule has 2 aromatic rings. The van der Waals surface area contributed by atoms with E-state index in [2.05, 4.69) is 31.9 Å². The van der Waals surface area contributed by atoms with Crippen molar-refractivity contribution in [2.45, 2.75) is 32.2 Å². The molecule has 25 heavy (non-hydrogen) atoms. The van der Waals surface area contributed by atoms with Crippen LogP contribution in [0.3, 0.4) is 0 Å². The van der Waals surface area contributed by atoms with E-state index in [9.17, 15) is 0 Å². The van der Waals surface area contributed by atoms with Crippen molar-refractivity contribution in [3.05, 3.63) is 47.4 Å². The van der Waals surface area contributed by atoms with Crippen LogP contribution >= 0.6 is 0 Å². The summed E-state index contributed by atoms with van der Waals surface area (Å²) in [6.45, 7) is 5.37. The summed E-state index contributed by atoms with van der Waals surface area (Å²) >= 11 is 0. The third-order valence-corrected chi connectivity index (χ3v) is 5.33. The molecule has 0 atom stereocenters. The van der Waals surface area contributed by atoms with Crippen LogP contribution in [0.1, 0.15) is 29.7 Å². The standard InChI is InChI=1S/C20H26N4O/c1-25-17-6-4-16(5-7-17)14-23-12-8-18-19(9-13-23)21-15-22-20(18)24-10-2-3-11-24/h4-7,15H,2-3,8-14H2,1H3. The van der Waals surface area contributed by atoms with Gasteiger partial charge in [-0.1, -0.05) is 12.1 Å². The zero-order chi connectivity index (χ0) is 17.1. The second kappa shape index (κ2) is 7.40. The number of nitrogens with zero attached hydrogens (tertiary/aromatic N) is 4. The van der Waals surface area contributed by atoms with E-state index in [0.29, 0.717) is 0 Å². The first-order valence-corrected chi connectivity index (χ1v) is 9.26. The lowest BCUT2D eigenvalue weighted by molar-refractivity contribution is 0.279. The zero-order valence-electron chi connectivity index (χ0n) is 14.9. The second-order valence-electron chi connectivity index (χ2n) is 6.94. The molecule has 0 amide bonds. The third-order valence-electron chi connectivity index (χ3n) is 5.33. The van der Waals surface area contributed by atoms with Gasteiger partial charge in [-0.15, -0.1) is 0 Å². The molecule has 2 aliphatic rings. The largest absolute Gasteiger partial charge is 0.497 e. The van der Waals surface area contributed by atoms with Gasteiger partial charge >= 0.3 is 0 Å². The van der Waals surface area contributed by atoms with Crippen LogP contribution in [-0.4, -0.2) is 48.2 Å². The average molecular weight is 338 g/mol. The van der Waals surface area contributed by atoms with E-state index in [0.717, 1.165) is 51.3 Å². The van der Waals surface area contributed by atoms with E-state index in [-0.39, 0.29) is 0 Å². The van der Waals surface area contributed by atoms with E-state index < -0.39 is 0 Å². The first kappa shape index (κ1) is 16.3. The fourth-order valence-electron chi connectivity index (χ4n) is 3.90. The van der Waals surface area contributed by atoms with Gasteiger partial charge in [0.25, 0.3) is 0 Å². The minimum Gasteiger partial charge on any atom is -0.497 e. The van der Waals surface area contributed by atoms with E-state index in [1.165, 1.54) is 35.5 Å². The topological polar surface area (TPSA) is 41.5 Å². The van der Waals surface area contributed by atoms with Gasteiger partial charge in [-0.2, -0.15) is 0 Å². The van der Waals surface area contributed by atoms with Crippen LogP contribution in [0.5, 0.6) is 5.75 Å². The van der Waals surface area contributed by atoms with Gasteiger partial charge in [-0.25, -0.2) is 9.97 Å². The Kier molecular flexibility index (Phi) is 4.83. The Morgan fingerprint density at radius 2 is 1.72 bits per heavy atom. The summed E-state index contributed by atoms with van der Waals surface area (Å²) in [7, 11) is 1.71. The molecule has 0 aliphatic carbocycles. The Bertz CT molecular complexity index is 710. The first-order valence-electron chi connectivity index (χ1n) is 9.26. The summed E-state index contributed by atoms with van der Waals surface area (Å²) < 4.78 is 5.25. The van der Waals surface area contributed by atoms with Gasteiger partial charge in [0, 0.05) is 44.7 Å². The van der Waals surface area contributed by atoms with Gasteiger partial charge in [0.05, 0.1) is 12.8 Å². The van der Waals surface area contributed by atoms with Crippen LogP contribution < -0.4 is 9.64 Å². The van der Waals surface area contributed by atoms with Crippen LogP contribution in [0.15, 0.2) is 30.6 Å². The van der Waals surface area contributed by atoms with E-state index in [1.54, 1.807) is 13.4 Å². The van der Waals surface area contributed by atoms with E-state index in [1.807, 2.05) is 12.1 Å². The maximum Gasteiger partial charge on any atom is 0.135 e. The predicted octanol–water partition coefficient (Wildman–Crippen LogP) is 2.69. The zero-order valence-corrected chi connectivity index (χ0v) is 14.9. The number of anilines is 1. The van der Waals surface area contributed by atoms with Crippen molar-refractivity contribution >= 4 is 5.82 Å². The average Bonchev–Trinajstić information content (AvgIpc) is 3.11. The minimum atomic E-state index is 0.914. The van der Waals surface area contributed by atoms with Gasteiger partial charge in [0.1, 0.15) is 17.9 Å². The Morgan fingerprint density at radius 1 is 0.960 bits per heavy atom. The molecule has 1 aromatic heterocycles. The molecular formula is C20H26N4O. The van der Waals surface area contributed by atoms with Gasteiger partial charge in [0.15, 0.2) is 0 Å². The Hall–Kier alpha value is -2.14. The van der Waals surface area contributed by atoms with Crippen molar-refractivity contribution in [1.29, 1.82) is 0 Å². The lowest BCUT2D eigenvalue weighted by Gasteiger charge is -2.21. The summed E-state index contributed by atoms with van der Waals surface area (Å²) in [5.74, 6) is 2.10. The van der Waals surface area contributed by atoms with Crippen molar-refractivity contribution in [3.63, 3.8) is 0 Å². The fraction of sp³-hybridized carbons (Fsp3) is 0.500. The number of methoxy groups -OCH3 is 1. The Labute approximate surface area is 149 Å². The molecule has 2 aliphatic heterocycles. The highest BCUT2D eigenvalue weighted by Gasteiger charge is 2.23. The van der Waals surface area contributed by atoms with Gasteiger partial charge in [0.2, 0.25) is 0 Å². The highest BCUT2D eigenvalue weighted by molar-refractivity contribution is 5.50. The number of rotatable bonds is 4. The molecule has 3 heterocycles. The molecule has 0 saturated carbocycles. The smallest absolute Gasteiger partial charge is 0.135 e. The molecule has 0 bridgehead atoms. The molecule has 1 aromatic carbocycles. The van der Waals surface area contributed by atoms with E-state index >= 15 is 0 Å². The minimum absolute atomic E-state index is 0.914. The van der Waals surface area contributed by atoms with Crippen LogP contribution in [0, 0.1) is 0 Å². The third kappa shape index (κ3) is 3.61. The summed E-state index contributed by atoms with van der Waals surface area (Å²) in [6.07, 6.45) is 6.36. The maximum absolute atomic E-state index is 5.25. The number of benzene rings is 1. The fourth-order valence-corrected chi connectivity index (χ4v) is 3.90. The Balaban J connectivity index is 1.46. The molecule has 4 rings (SSSR count). The van der Waals surface area contributed by atoms with Crippen molar-refractivity contribution < 1.29 is 4.74 Å². The summed E-state index contributed by atoms with van der Waals surface area (Å²) in [6, 6.07) is 8.40. The molecule has 0 unspecified atom stereocenters. The summed E-state index contributed by atoms with van der Waals surface area (Å²) in [4.78, 5) is 14.2. The van der Waals surface area contributed by atoms with Crippen LogP contribution in [0.25, 0.3) is 0 Å². The lowest BCUT2D eigenvalue weighted by atomic mass is 10.1. The van der Waals surface area contributed by atoms with Gasteiger partial charge < -0.3 is 9.64 Å². The van der Waals surface area contributed by atoms with Crippen molar-refractivity contribution in [3.8, 4) is 5.75 Å². The first-order chi connectivity index (χ1) is 12.3.